The molecular formula is C20H22OS. The van der Waals surface area contributed by atoms with Crippen molar-refractivity contribution in [1.82, 2.24) is 0 Å². The minimum absolute atomic E-state index is 0.259. The average Bonchev–Trinajstić information content (AvgIpc) is 2.61. The summed E-state index contributed by atoms with van der Waals surface area (Å²) in [5, 5.41) is 0.696. The largest absolute Gasteiger partial charge is 0.293 e. The lowest BCUT2D eigenvalue weighted by atomic mass is 10.0. The molecule has 0 spiro atoms. The Morgan fingerprint density at radius 1 is 0.864 bits per heavy atom. The standard InChI is InChI=1S/C20H22OS/c21-20(15-22-19-9-5-2-6-10-19)18-13-11-17(12-14-18)16-7-3-1-4-8-16/h1,3-4,7-8,11-14,19H,2,5-6,9-10,15H2. The van der Waals surface area contributed by atoms with Crippen LogP contribution in [0.4, 0.5) is 0 Å². The van der Waals surface area contributed by atoms with Crippen LogP contribution in [0.3, 0.4) is 0 Å². The topological polar surface area (TPSA) is 17.1 Å². The van der Waals surface area contributed by atoms with Crippen LogP contribution in [-0.2, 0) is 0 Å². The Bertz CT molecular complexity index is 597. The molecule has 22 heavy (non-hydrogen) atoms. The van der Waals surface area contributed by atoms with E-state index in [-0.39, 0.29) is 5.78 Å². The Morgan fingerprint density at radius 2 is 1.50 bits per heavy atom. The SMILES string of the molecule is O=C(CSC1CCCCC1)c1ccc(-c2ccccc2)cc1. The second-order valence-corrected chi connectivity index (χ2v) is 7.23. The van der Waals surface area contributed by atoms with Crippen molar-refractivity contribution in [3.05, 3.63) is 60.2 Å². The second kappa shape index (κ2) is 7.64. The van der Waals surface area contributed by atoms with Crippen LogP contribution >= 0.6 is 11.8 Å². The second-order valence-electron chi connectivity index (χ2n) is 5.94. The fraction of sp³-hybridized carbons (Fsp3) is 0.350. The van der Waals surface area contributed by atoms with Gasteiger partial charge in [-0.1, -0.05) is 73.9 Å². The molecule has 1 aliphatic rings. The van der Waals surface area contributed by atoms with E-state index in [4.69, 9.17) is 0 Å². The van der Waals surface area contributed by atoms with Gasteiger partial charge in [-0.3, -0.25) is 4.79 Å². The number of thioether (sulfide) groups is 1. The normalized spacial score (nSPS) is 15.6. The molecule has 0 saturated heterocycles. The Balaban J connectivity index is 1.59. The zero-order valence-electron chi connectivity index (χ0n) is 12.8. The van der Waals surface area contributed by atoms with Crippen molar-refractivity contribution >= 4 is 17.5 Å². The average molecular weight is 310 g/mol. The number of carbonyl (C=O) groups is 1. The summed E-state index contributed by atoms with van der Waals surface area (Å²) in [6.07, 6.45) is 6.59. The molecule has 1 saturated carbocycles. The zero-order chi connectivity index (χ0) is 15.2. The molecule has 0 heterocycles. The summed E-state index contributed by atoms with van der Waals surface area (Å²) in [5.74, 6) is 0.880. The Hall–Kier alpha value is -1.54. The zero-order valence-corrected chi connectivity index (χ0v) is 13.6. The van der Waals surface area contributed by atoms with Crippen molar-refractivity contribution in [2.45, 2.75) is 37.4 Å². The van der Waals surface area contributed by atoms with Gasteiger partial charge in [-0.05, 0) is 24.0 Å². The van der Waals surface area contributed by atoms with Crippen LogP contribution < -0.4 is 0 Å². The van der Waals surface area contributed by atoms with Crippen LogP contribution in [0.15, 0.2) is 54.6 Å². The Morgan fingerprint density at radius 3 is 2.18 bits per heavy atom. The van der Waals surface area contributed by atoms with Gasteiger partial charge in [0.05, 0.1) is 5.75 Å². The summed E-state index contributed by atoms with van der Waals surface area (Å²) in [6.45, 7) is 0. The third kappa shape index (κ3) is 4.01. The van der Waals surface area contributed by atoms with E-state index >= 15 is 0 Å². The first-order valence-corrected chi connectivity index (χ1v) is 9.18. The molecule has 1 aliphatic carbocycles. The summed E-state index contributed by atoms with van der Waals surface area (Å²) < 4.78 is 0. The van der Waals surface area contributed by atoms with E-state index in [0.717, 1.165) is 11.1 Å². The van der Waals surface area contributed by atoms with E-state index in [2.05, 4.69) is 12.1 Å². The Kier molecular flexibility index (Phi) is 5.33. The summed E-state index contributed by atoms with van der Waals surface area (Å²) in [4.78, 5) is 12.3. The van der Waals surface area contributed by atoms with Gasteiger partial charge >= 0.3 is 0 Å². The molecule has 2 heteroatoms. The van der Waals surface area contributed by atoms with E-state index in [1.54, 1.807) is 0 Å². The summed E-state index contributed by atoms with van der Waals surface area (Å²) in [5.41, 5.74) is 3.19. The molecule has 1 nitrogen and oxygen atoms in total. The number of rotatable bonds is 5. The lowest BCUT2D eigenvalue weighted by Gasteiger charge is -2.20. The molecule has 3 rings (SSSR count). The quantitative estimate of drug-likeness (QED) is 0.668. The first kappa shape index (κ1) is 15.4. The van der Waals surface area contributed by atoms with Crippen LogP contribution in [0.2, 0.25) is 0 Å². The molecule has 1 fully saturated rings. The molecule has 0 aliphatic heterocycles. The fourth-order valence-corrected chi connectivity index (χ4v) is 4.21. The van der Waals surface area contributed by atoms with Crippen molar-refractivity contribution in [2.75, 3.05) is 5.75 Å². The molecule has 0 bridgehead atoms. The molecule has 0 aromatic heterocycles. The minimum Gasteiger partial charge on any atom is -0.293 e. The highest BCUT2D eigenvalue weighted by Gasteiger charge is 2.16. The maximum absolute atomic E-state index is 12.3. The van der Waals surface area contributed by atoms with Crippen molar-refractivity contribution < 1.29 is 4.79 Å². The molecule has 2 aromatic carbocycles. The highest BCUT2D eigenvalue weighted by molar-refractivity contribution is 8.00. The maximum Gasteiger partial charge on any atom is 0.172 e. The van der Waals surface area contributed by atoms with Crippen molar-refractivity contribution in [2.24, 2.45) is 0 Å². The maximum atomic E-state index is 12.3. The van der Waals surface area contributed by atoms with Gasteiger partial charge in [0, 0.05) is 10.8 Å². The van der Waals surface area contributed by atoms with E-state index in [1.807, 2.05) is 54.2 Å². The summed E-state index contributed by atoms with van der Waals surface area (Å²) >= 11 is 1.85. The van der Waals surface area contributed by atoms with Crippen LogP contribution in [0.1, 0.15) is 42.5 Å². The van der Waals surface area contributed by atoms with E-state index < -0.39 is 0 Å². The smallest absolute Gasteiger partial charge is 0.172 e. The van der Waals surface area contributed by atoms with E-state index in [1.165, 1.54) is 37.7 Å². The molecule has 0 amide bonds. The summed E-state index contributed by atoms with van der Waals surface area (Å²) in [7, 11) is 0. The summed E-state index contributed by atoms with van der Waals surface area (Å²) in [6, 6.07) is 18.3. The molecule has 0 radical (unpaired) electrons. The van der Waals surface area contributed by atoms with Crippen LogP contribution in [0, 0.1) is 0 Å². The minimum atomic E-state index is 0.259. The number of hydrogen-bond donors (Lipinski definition) is 0. The van der Waals surface area contributed by atoms with E-state index in [0.29, 0.717) is 11.0 Å². The predicted molar refractivity (Wildman–Crippen MR) is 95.5 cm³/mol. The van der Waals surface area contributed by atoms with Crippen LogP contribution in [0.25, 0.3) is 11.1 Å². The third-order valence-electron chi connectivity index (χ3n) is 4.32. The third-order valence-corrected chi connectivity index (χ3v) is 5.69. The predicted octanol–water partition coefficient (Wildman–Crippen LogP) is 5.60. The van der Waals surface area contributed by atoms with Gasteiger partial charge in [0.2, 0.25) is 0 Å². The number of Topliss-reactive ketones (excluding diaryl/α,β-unsaturated/α-hetero) is 1. The van der Waals surface area contributed by atoms with Gasteiger partial charge in [0.25, 0.3) is 0 Å². The fourth-order valence-electron chi connectivity index (χ4n) is 2.99. The number of carbonyl (C=O) groups excluding carboxylic acids is 1. The van der Waals surface area contributed by atoms with Gasteiger partial charge in [-0.25, -0.2) is 0 Å². The number of benzene rings is 2. The van der Waals surface area contributed by atoms with Gasteiger partial charge in [0.1, 0.15) is 0 Å². The van der Waals surface area contributed by atoms with Crippen molar-refractivity contribution in [3.8, 4) is 11.1 Å². The van der Waals surface area contributed by atoms with Gasteiger partial charge in [-0.15, -0.1) is 0 Å². The number of hydrogen-bond acceptors (Lipinski definition) is 2. The molecule has 2 aromatic rings. The van der Waals surface area contributed by atoms with Crippen molar-refractivity contribution in [1.29, 1.82) is 0 Å². The number of ketones is 1. The first-order valence-electron chi connectivity index (χ1n) is 8.13. The molecule has 0 unspecified atom stereocenters. The van der Waals surface area contributed by atoms with Gasteiger partial charge in [0.15, 0.2) is 5.78 Å². The van der Waals surface area contributed by atoms with E-state index in [9.17, 15) is 4.79 Å². The molecule has 0 N–H and O–H groups in total. The van der Waals surface area contributed by atoms with Gasteiger partial charge in [-0.2, -0.15) is 11.8 Å². The monoisotopic (exact) mass is 310 g/mol. The lowest BCUT2D eigenvalue weighted by molar-refractivity contribution is 0.102. The molecule has 0 atom stereocenters. The molecule has 114 valence electrons. The van der Waals surface area contributed by atoms with Crippen LogP contribution in [-0.4, -0.2) is 16.8 Å². The highest BCUT2D eigenvalue weighted by Crippen LogP contribution is 2.28. The Labute approximate surface area is 137 Å². The molecular weight excluding hydrogens is 288 g/mol. The van der Waals surface area contributed by atoms with Crippen LogP contribution in [0.5, 0.6) is 0 Å². The van der Waals surface area contributed by atoms with Crippen molar-refractivity contribution in [3.63, 3.8) is 0 Å². The van der Waals surface area contributed by atoms with Gasteiger partial charge < -0.3 is 0 Å². The highest BCUT2D eigenvalue weighted by atomic mass is 32.2. The first-order chi connectivity index (χ1) is 10.8. The lowest BCUT2D eigenvalue weighted by Crippen LogP contribution is -2.12.